The Bertz CT molecular complexity index is 390. The number of nitrogens with one attached hydrogen (secondary N) is 2. The van der Waals surface area contributed by atoms with Crippen LogP contribution in [0, 0.1) is 5.41 Å². The fourth-order valence-corrected chi connectivity index (χ4v) is 1.46. The number of aryl methyl sites for hydroxylation is 1. The molecule has 96 valence electrons. The van der Waals surface area contributed by atoms with E-state index in [-0.39, 0.29) is 11.3 Å². The maximum atomic E-state index is 11.8. The van der Waals surface area contributed by atoms with Crippen LogP contribution < -0.4 is 11.1 Å². The molecular weight excluding hydrogens is 216 g/mol. The average molecular weight is 238 g/mol. The summed E-state index contributed by atoms with van der Waals surface area (Å²) in [6, 6.07) is 0. The third kappa shape index (κ3) is 3.76. The van der Waals surface area contributed by atoms with Crippen molar-refractivity contribution in [2.75, 3.05) is 12.3 Å². The molecule has 17 heavy (non-hydrogen) atoms. The molecular formula is C12H22N4O. The first-order chi connectivity index (χ1) is 7.85. The van der Waals surface area contributed by atoms with Gasteiger partial charge in [0.25, 0.3) is 5.91 Å². The van der Waals surface area contributed by atoms with Crippen LogP contribution in [-0.2, 0) is 6.42 Å². The summed E-state index contributed by atoms with van der Waals surface area (Å²) in [7, 11) is 0. The Labute approximate surface area is 102 Å². The Morgan fingerprint density at radius 2 is 2.12 bits per heavy atom. The fraction of sp³-hybridized carbons (Fsp3) is 0.667. The second kappa shape index (κ2) is 5.21. The van der Waals surface area contributed by atoms with Gasteiger partial charge in [0.2, 0.25) is 0 Å². The summed E-state index contributed by atoms with van der Waals surface area (Å²) in [4.78, 5) is 11.8. The molecule has 1 aromatic heterocycles. The first-order valence-electron chi connectivity index (χ1n) is 5.96. The van der Waals surface area contributed by atoms with Gasteiger partial charge in [0, 0.05) is 6.54 Å². The largest absolute Gasteiger partial charge is 0.395 e. The predicted molar refractivity (Wildman–Crippen MR) is 68.8 cm³/mol. The Morgan fingerprint density at radius 1 is 1.47 bits per heavy atom. The van der Waals surface area contributed by atoms with Crippen molar-refractivity contribution in [1.82, 2.24) is 15.5 Å². The molecule has 0 aromatic carbocycles. The molecule has 4 N–H and O–H groups in total. The molecule has 0 aliphatic heterocycles. The molecule has 0 bridgehead atoms. The topological polar surface area (TPSA) is 83.8 Å². The quantitative estimate of drug-likeness (QED) is 0.746. The lowest BCUT2D eigenvalue weighted by Crippen LogP contribution is -2.28. The number of hydrogen-bond donors (Lipinski definition) is 3. The van der Waals surface area contributed by atoms with E-state index in [4.69, 9.17) is 5.73 Å². The number of anilines is 1. The van der Waals surface area contributed by atoms with E-state index in [1.807, 2.05) is 6.92 Å². The van der Waals surface area contributed by atoms with Crippen LogP contribution in [0.3, 0.4) is 0 Å². The monoisotopic (exact) mass is 238 g/mol. The average Bonchev–Trinajstić information content (AvgIpc) is 2.57. The summed E-state index contributed by atoms with van der Waals surface area (Å²) in [5, 5.41) is 9.55. The second-order valence-corrected chi connectivity index (χ2v) is 5.38. The van der Waals surface area contributed by atoms with Crippen LogP contribution in [-0.4, -0.2) is 22.6 Å². The van der Waals surface area contributed by atoms with Gasteiger partial charge < -0.3 is 11.1 Å². The van der Waals surface area contributed by atoms with Crippen molar-refractivity contribution >= 4 is 11.6 Å². The lowest BCUT2D eigenvalue weighted by molar-refractivity contribution is 0.0945. The summed E-state index contributed by atoms with van der Waals surface area (Å²) >= 11 is 0. The Kier molecular flexibility index (Phi) is 4.15. The number of amides is 1. The first kappa shape index (κ1) is 13.5. The zero-order valence-corrected chi connectivity index (χ0v) is 11.1. The number of aromatic amines is 1. The second-order valence-electron chi connectivity index (χ2n) is 5.38. The molecule has 1 aromatic rings. The molecule has 5 heteroatoms. The minimum absolute atomic E-state index is 0.206. The van der Waals surface area contributed by atoms with E-state index in [0.29, 0.717) is 17.9 Å². The summed E-state index contributed by atoms with van der Waals surface area (Å²) in [5.74, 6) is -0.206. The highest BCUT2D eigenvalue weighted by Crippen LogP contribution is 2.18. The van der Waals surface area contributed by atoms with Crippen LogP contribution >= 0.6 is 0 Å². The van der Waals surface area contributed by atoms with Crippen molar-refractivity contribution in [3.63, 3.8) is 0 Å². The number of carbonyl (C=O) groups is 1. The summed E-state index contributed by atoms with van der Waals surface area (Å²) in [5.41, 5.74) is 7.60. The van der Waals surface area contributed by atoms with Crippen molar-refractivity contribution < 1.29 is 4.79 Å². The van der Waals surface area contributed by atoms with Crippen LogP contribution in [0.1, 0.15) is 50.3 Å². The number of hydrogen-bond acceptors (Lipinski definition) is 3. The van der Waals surface area contributed by atoms with Crippen LogP contribution in [0.5, 0.6) is 0 Å². The van der Waals surface area contributed by atoms with Crippen molar-refractivity contribution in [1.29, 1.82) is 0 Å². The minimum atomic E-state index is -0.206. The van der Waals surface area contributed by atoms with Gasteiger partial charge in [-0.1, -0.05) is 27.7 Å². The first-order valence-corrected chi connectivity index (χ1v) is 5.96. The summed E-state index contributed by atoms with van der Waals surface area (Å²) in [6.45, 7) is 9.01. The van der Waals surface area contributed by atoms with Crippen LogP contribution in [0.4, 0.5) is 5.69 Å². The van der Waals surface area contributed by atoms with Gasteiger partial charge in [-0.15, -0.1) is 0 Å². The molecule has 0 unspecified atom stereocenters. The number of nitrogen functional groups attached to an aromatic ring is 1. The smallest absolute Gasteiger partial charge is 0.273 e. The molecule has 5 nitrogen and oxygen atoms in total. The van der Waals surface area contributed by atoms with Crippen LogP contribution in [0.15, 0.2) is 0 Å². The maximum absolute atomic E-state index is 11.8. The zero-order valence-electron chi connectivity index (χ0n) is 11.1. The SMILES string of the molecule is CCc1[nH]nc(C(=O)NCCC(C)(C)C)c1N. The van der Waals surface area contributed by atoms with Crippen molar-refractivity contribution in [2.24, 2.45) is 5.41 Å². The third-order valence-corrected chi connectivity index (χ3v) is 2.61. The standard InChI is InChI=1S/C12H22N4O/c1-5-8-9(13)10(16-15-8)11(17)14-7-6-12(2,3)4/h5-7,13H2,1-4H3,(H,14,17)(H,15,16). The van der Waals surface area contributed by atoms with Gasteiger partial charge in [0.15, 0.2) is 5.69 Å². The molecule has 1 amide bonds. The number of nitrogens with zero attached hydrogens (tertiary/aromatic N) is 1. The van der Waals surface area contributed by atoms with E-state index in [1.165, 1.54) is 0 Å². The Balaban J connectivity index is 2.56. The van der Waals surface area contributed by atoms with Gasteiger partial charge in [0.1, 0.15) is 0 Å². The normalized spacial score (nSPS) is 11.5. The number of rotatable bonds is 4. The molecule has 0 aliphatic carbocycles. The highest BCUT2D eigenvalue weighted by atomic mass is 16.1. The van der Waals surface area contributed by atoms with Gasteiger partial charge in [-0.3, -0.25) is 9.89 Å². The van der Waals surface area contributed by atoms with Gasteiger partial charge in [-0.25, -0.2) is 0 Å². The molecule has 0 fully saturated rings. The molecule has 1 rings (SSSR count). The van der Waals surface area contributed by atoms with Crippen molar-refractivity contribution in [3.8, 4) is 0 Å². The molecule has 0 saturated heterocycles. The van der Waals surface area contributed by atoms with Crippen LogP contribution in [0.2, 0.25) is 0 Å². The zero-order chi connectivity index (χ0) is 13.1. The van der Waals surface area contributed by atoms with Gasteiger partial charge in [-0.2, -0.15) is 5.10 Å². The van der Waals surface area contributed by atoms with Gasteiger partial charge in [-0.05, 0) is 18.3 Å². The van der Waals surface area contributed by atoms with Gasteiger partial charge in [0.05, 0.1) is 11.4 Å². The van der Waals surface area contributed by atoms with E-state index < -0.39 is 0 Å². The maximum Gasteiger partial charge on any atom is 0.273 e. The van der Waals surface area contributed by atoms with Crippen LogP contribution in [0.25, 0.3) is 0 Å². The lowest BCUT2D eigenvalue weighted by atomic mass is 9.92. The highest BCUT2D eigenvalue weighted by Gasteiger charge is 2.17. The summed E-state index contributed by atoms with van der Waals surface area (Å²) < 4.78 is 0. The number of aromatic nitrogens is 2. The molecule has 0 aliphatic rings. The minimum Gasteiger partial charge on any atom is -0.395 e. The van der Waals surface area contributed by atoms with E-state index in [1.54, 1.807) is 0 Å². The Hall–Kier alpha value is -1.52. The summed E-state index contributed by atoms with van der Waals surface area (Å²) in [6.07, 6.45) is 1.66. The number of nitrogens with two attached hydrogens (primary N) is 1. The molecule has 0 radical (unpaired) electrons. The molecule has 1 heterocycles. The fourth-order valence-electron chi connectivity index (χ4n) is 1.46. The lowest BCUT2D eigenvalue weighted by Gasteiger charge is -2.17. The number of H-pyrrole nitrogens is 1. The highest BCUT2D eigenvalue weighted by molar-refractivity contribution is 5.97. The van der Waals surface area contributed by atoms with E-state index in [9.17, 15) is 4.79 Å². The van der Waals surface area contributed by atoms with E-state index >= 15 is 0 Å². The Morgan fingerprint density at radius 3 is 2.59 bits per heavy atom. The van der Waals surface area contributed by atoms with Gasteiger partial charge >= 0.3 is 0 Å². The third-order valence-electron chi connectivity index (χ3n) is 2.61. The van der Waals surface area contributed by atoms with Crippen molar-refractivity contribution in [3.05, 3.63) is 11.4 Å². The van der Waals surface area contributed by atoms with Crippen molar-refractivity contribution in [2.45, 2.75) is 40.5 Å². The van der Waals surface area contributed by atoms with E-state index in [0.717, 1.165) is 18.5 Å². The molecule has 0 atom stereocenters. The predicted octanol–water partition coefficient (Wildman–Crippen LogP) is 1.72. The van der Waals surface area contributed by atoms with E-state index in [2.05, 4.69) is 36.3 Å². The molecule has 0 spiro atoms. The number of carbonyl (C=O) groups excluding carboxylic acids is 1. The molecule has 0 saturated carbocycles.